The minimum atomic E-state index is -0.255. The van der Waals surface area contributed by atoms with E-state index in [1.54, 1.807) is 18.2 Å². The van der Waals surface area contributed by atoms with Crippen molar-refractivity contribution in [2.75, 3.05) is 7.05 Å². The van der Waals surface area contributed by atoms with Crippen molar-refractivity contribution in [1.82, 2.24) is 5.32 Å². The number of rotatable bonds is 4. The lowest BCUT2D eigenvalue weighted by Crippen LogP contribution is -2.23. The Morgan fingerprint density at radius 3 is 2.71 bits per heavy atom. The Balaban J connectivity index is 2.21. The molecule has 1 unspecified atom stereocenters. The van der Waals surface area contributed by atoms with Crippen LogP contribution in [0.2, 0.25) is 0 Å². The third-order valence-corrected chi connectivity index (χ3v) is 2.80. The summed E-state index contributed by atoms with van der Waals surface area (Å²) in [6.07, 6.45) is 0.797. The molecule has 0 aliphatic rings. The Bertz CT molecular complexity index is 492. The maximum absolute atomic E-state index is 13.5. The van der Waals surface area contributed by atoms with Crippen molar-refractivity contribution in [3.8, 4) is 11.3 Å². The maximum atomic E-state index is 13.5. The molecule has 0 fully saturated rings. The molecular formula is C14H16FNO. The highest BCUT2D eigenvalue weighted by molar-refractivity contribution is 5.58. The van der Waals surface area contributed by atoms with Crippen molar-refractivity contribution in [1.29, 1.82) is 0 Å². The first kappa shape index (κ1) is 11.9. The van der Waals surface area contributed by atoms with Gasteiger partial charge in [0.1, 0.15) is 17.3 Å². The van der Waals surface area contributed by atoms with Gasteiger partial charge < -0.3 is 9.73 Å². The van der Waals surface area contributed by atoms with Gasteiger partial charge in [-0.1, -0.05) is 12.1 Å². The zero-order valence-corrected chi connectivity index (χ0v) is 10.0. The molecule has 90 valence electrons. The van der Waals surface area contributed by atoms with E-state index in [4.69, 9.17) is 4.42 Å². The van der Waals surface area contributed by atoms with Crippen LogP contribution in [0.3, 0.4) is 0 Å². The van der Waals surface area contributed by atoms with E-state index in [1.165, 1.54) is 6.07 Å². The molecule has 0 radical (unpaired) electrons. The third kappa shape index (κ3) is 2.74. The summed E-state index contributed by atoms with van der Waals surface area (Å²) in [6.45, 7) is 2.07. The lowest BCUT2D eigenvalue weighted by Gasteiger charge is -2.06. The van der Waals surface area contributed by atoms with Gasteiger partial charge in [-0.3, -0.25) is 0 Å². The summed E-state index contributed by atoms with van der Waals surface area (Å²) >= 11 is 0. The van der Waals surface area contributed by atoms with Crippen molar-refractivity contribution in [2.24, 2.45) is 0 Å². The van der Waals surface area contributed by atoms with Gasteiger partial charge in [-0.2, -0.15) is 0 Å². The fourth-order valence-electron chi connectivity index (χ4n) is 1.70. The molecule has 1 N–H and O–H groups in total. The minimum absolute atomic E-state index is 0.255. The Morgan fingerprint density at radius 2 is 2.00 bits per heavy atom. The van der Waals surface area contributed by atoms with E-state index >= 15 is 0 Å². The monoisotopic (exact) mass is 233 g/mol. The van der Waals surface area contributed by atoms with Crippen molar-refractivity contribution in [3.05, 3.63) is 48.0 Å². The number of hydrogen-bond acceptors (Lipinski definition) is 2. The molecule has 2 nitrogen and oxygen atoms in total. The van der Waals surface area contributed by atoms with Crippen LogP contribution >= 0.6 is 0 Å². The van der Waals surface area contributed by atoms with Crippen LogP contribution in [0.15, 0.2) is 40.8 Å². The molecule has 2 aromatic rings. The van der Waals surface area contributed by atoms with Gasteiger partial charge in [-0.05, 0) is 38.2 Å². The molecule has 1 heterocycles. The number of halogens is 1. The molecule has 0 aliphatic carbocycles. The zero-order valence-electron chi connectivity index (χ0n) is 10.0. The highest BCUT2D eigenvalue weighted by Gasteiger charge is 2.10. The molecule has 17 heavy (non-hydrogen) atoms. The summed E-state index contributed by atoms with van der Waals surface area (Å²) in [5.41, 5.74) is 0.510. The predicted molar refractivity (Wildman–Crippen MR) is 66.3 cm³/mol. The predicted octanol–water partition coefficient (Wildman–Crippen LogP) is 3.24. The molecular weight excluding hydrogens is 217 g/mol. The van der Waals surface area contributed by atoms with Gasteiger partial charge in [0.15, 0.2) is 0 Å². The highest BCUT2D eigenvalue weighted by Crippen LogP contribution is 2.25. The van der Waals surface area contributed by atoms with E-state index < -0.39 is 0 Å². The number of likely N-dealkylation sites (N-methyl/N-ethyl adjacent to an activating group) is 1. The standard InChI is InChI=1S/C14H16FNO/c1-10(16-2)9-11-7-8-14(17-11)12-5-3-4-6-13(12)15/h3-8,10,16H,9H2,1-2H3. The summed E-state index contributed by atoms with van der Waals surface area (Å²) in [5, 5.41) is 3.14. The molecule has 3 heteroatoms. The molecule has 1 aromatic carbocycles. The van der Waals surface area contributed by atoms with Crippen LogP contribution in [-0.2, 0) is 6.42 Å². The van der Waals surface area contributed by atoms with E-state index in [0.29, 0.717) is 17.4 Å². The van der Waals surface area contributed by atoms with Gasteiger partial charge in [-0.25, -0.2) is 4.39 Å². The second-order valence-electron chi connectivity index (χ2n) is 4.14. The van der Waals surface area contributed by atoms with E-state index in [0.717, 1.165) is 12.2 Å². The molecule has 1 aromatic heterocycles. The van der Waals surface area contributed by atoms with Gasteiger partial charge in [-0.15, -0.1) is 0 Å². The largest absolute Gasteiger partial charge is 0.461 e. The average molecular weight is 233 g/mol. The molecule has 0 saturated heterocycles. The number of hydrogen-bond donors (Lipinski definition) is 1. The van der Waals surface area contributed by atoms with E-state index in [2.05, 4.69) is 12.2 Å². The van der Waals surface area contributed by atoms with Gasteiger partial charge in [0, 0.05) is 12.5 Å². The third-order valence-electron chi connectivity index (χ3n) is 2.80. The lowest BCUT2D eigenvalue weighted by molar-refractivity contribution is 0.479. The van der Waals surface area contributed by atoms with Crippen molar-refractivity contribution in [3.63, 3.8) is 0 Å². The Morgan fingerprint density at radius 1 is 1.24 bits per heavy atom. The van der Waals surface area contributed by atoms with Gasteiger partial charge in [0.2, 0.25) is 0 Å². The topological polar surface area (TPSA) is 25.2 Å². The minimum Gasteiger partial charge on any atom is -0.461 e. The maximum Gasteiger partial charge on any atom is 0.137 e. The van der Waals surface area contributed by atoms with Gasteiger partial charge in [0.25, 0.3) is 0 Å². The first-order chi connectivity index (χ1) is 8.20. The summed E-state index contributed by atoms with van der Waals surface area (Å²) < 4.78 is 19.2. The number of furan rings is 1. The quantitative estimate of drug-likeness (QED) is 0.877. The average Bonchev–Trinajstić information content (AvgIpc) is 2.78. The Labute approximate surface area is 100 Å². The van der Waals surface area contributed by atoms with Crippen LogP contribution in [0, 0.1) is 5.82 Å². The lowest BCUT2D eigenvalue weighted by atomic mass is 10.1. The molecule has 0 spiro atoms. The molecule has 0 aliphatic heterocycles. The normalized spacial score (nSPS) is 12.6. The molecule has 1 atom stereocenters. The summed E-state index contributed by atoms with van der Waals surface area (Å²) in [5.74, 6) is 1.20. The first-order valence-corrected chi connectivity index (χ1v) is 5.71. The summed E-state index contributed by atoms with van der Waals surface area (Å²) in [7, 11) is 1.91. The number of nitrogens with one attached hydrogen (secondary N) is 1. The second-order valence-corrected chi connectivity index (χ2v) is 4.14. The van der Waals surface area contributed by atoms with E-state index in [9.17, 15) is 4.39 Å². The van der Waals surface area contributed by atoms with E-state index in [-0.39, 0.29) is 5.82 Å². The second kappa shape index (κ2) is 5.15. The van der Waals surface area contributed by atoms with Crippen molar-refractivity contribution in [2.45, 2.75) is 19.4 Å². The Hall–Kier alpha value is -1.61. The van der Waals surface area contributed by atoms with Crippen LogP contribution in [0.25, 0.3) is 11.3 Å². The Kier molecular flexibility index (Phi) is 3.59. The van der Waals surface area contributed by atoms with Gasteiger partial charge >= 0.3 is 0 Å². The van der Waals surface area contributed by atoms with Crippen molar-refractivity contribution < 1.29 is 8.81 Å². The molecule has 0 amide bonds. The fourth-order valence-corrected chi connectivity index (χ4v) is 1.70. The summed E-state index contributed by atoms with van der Waals surface area (Å²) in [6, 6.07) is 10.7. The molecule has 0 saturated carbocycles. The van der Waals surface area contributed by atoms with Crippen LogP contribution in [-0.4, -0.2) is 13.1 Å². The zero-order chi connectivity index (χ0) is 12.3. The smallest absolute Gasteiger partial charge is 0.137 e. The molecule has 0 bridgehead atoms. The fraction of sp³-hybridized carbons (Fsp3) is 0.286. The first-order valence-electron chi connectivity index (χ1n) is 5.71. The highest BCUT2D eigenvalue weighted by atomic mass is 19.1. The van der Waals surface area contributed by atoms with Crippen LogP contribution in [0.1, 0.15) is 12.7 Å². The molecule has 2 rings (SSSR count). The summed E-state index contributed by atoms with van der Waals surface area (Å²) in [4.78, 5) is 0. The number of benzene rings is 1. The van der Waals surface area contributed by atoms with Crippen LogP contribution in [0.5, 0.6) is 0 Å². The van der Waals surface area contributed by atoms with E-state index in [1.807, 2.05) is 19.2 Å². The van der Waals surface area contributed by atoms with Crippen LogP contribution < -0.4 is 5.32 Å². The van der Waals surface area contributed by atoms with Crippen LogP contribution in [0.4, 0.5) is 4.39 Å². The van der Waals surface area contributed by atoms with Crippen molar-refractivity contribution >= 4 is 0 Å². The van der Waals surface area contributed by atoms with Gasteiger partial charge in [0.05, 0.1) is 5.56 Å². The SMILES string of the molecule is CNC(C)Cc1ccc(-c2ccccc2F)o1.